The zero-order valence-corrected chi connectivity index (χ0v) is 14.7. The van der Waals surface area contributed by atoms with Gasteiger partial charge in [-0.2, -0.15) is 0 Å². The van der Waals surface area contributed by atoms with E-state index in [1.807, 2.05) is 0 Å². The van der Waals surface area contributed by atoms with E-state index in [4.69, 9.17) is 18.6 Å². The van der Waals surface area contributed by atoms with E-state index in [1.165, 1.54) is 26.0 Å². The number of amides is 1. The van der Waals surface area contributed by atoms with E-state index in [9.17, 15) is 14.7 Å². The molecule has 8 heteroatoms. The Balaban J connectivity index is 2.22. The molecule has 0 radical (unpaired) electrons. The Kier molecular flexibility index (Phi) is 4.75. The van der Waals surface area contributed by atoms with E-state index in [0.29, 0.717) is 36.4 Å². The summed E-state index contributed by atoms with van der Waals surface area (Å²) in [5.41, 5.74) is 0.348. The van der Waals surface area contributed by atoms with E-state index >= 15 is 0 Å². The minimum atomic E-state index is -0.646. The molecule has 1 fully saturated rings. The van der Waals surface area contributed by atoms with Crippen molar-refractivity contribution in [2.45, 2.75) is 19.8 Å². The van der Waals surface area contributed by atoms with Crippen molar-refractivity contribution in [2.75, 3.05) is 25.7 Å². The maximum atomic E-state index is 12.1. The van der Waals surface area contributed by atoms with Crippen LogP contribution in [0.15, 0.2) is 22.6 Å². The van der Waals surface area contributed by atoms with Gasteiger partial charge in [0.1, 0.15) is 17.1 Å². The Hall–Kier alpha value is -3.16. The first-order valence-corrected chi connectivity index (χ1v) is 8.03. The van der Waals surface area contributed by atoms with Crippen molar-refractivity contribution in [1.29, 1.82) is 0 Å². The predicted molar refractivity (Wildman–Crippen MR) is 91.8 cm³/mol. The van der Waals surface area contributed by atoms with Crippen molar-refractivity contribution in [1.82, 2.24) is 0 Å². The lowest BCUT2D eigenvalue weighted by Crippen LogP contribution is -2.24. The molecule has 1 aliphatic heterocycles. The maximum absolute atomic E-state index is 12.1. The number of carbonyl (C=O) groups is 2. The molecule has 2 aromatic rings. The number of nitrogens with zero attached hydrogens (tertiary/aromatic N) is 1. The standard InChI is InChI=1S/C18H19NO7/c1-10(20)25-17-15(22)16(26-18(17)19-9-5-8-13(19)21)14-11(23-2)6-4-7-12(14)24-3/h4,6-7,22H,5,8-9H2,1-3H3. The van der Waals surface area contributed by atoms with Crippen molar-refractivity contribution in [3.8, 4) is 34.3 Å². The third-order valence-electron chi connectivity index (χ3n) is 4.04. The highest BCUT2D eigenvalue weighted by Crippen LogP contribution is 2.52. The molecule has 0 aliphatic carbocycles. The van der Waals surface area contributed by atoms with Gasteiger partial charge in [-0.15, -0.1) is 0 Å². The fourth-order valence-corrected chi connectivity index (χ4v) is 2.92. The van der Waals surface area contributed by atoms with Crippen LogP contribution in [0.4, 0.5) is 5.88 Å². The lowest BCUT2D eigenvalue weighted by molar-refractivity contribution is -0.132. The number of aromatic hydroxyl groups is 1. The van der Waals surface area contributed by atoms with Gasteiger partial charge in [-0.25, -0.2) is 0 Å². The van der Waals surface area contributed by atoms with Crippen molar-refractivity contribution in [2.24, 2.45) is 0 Å². The van der Waals surface area contributed by atoms with E-state index in [2.05, 4.69) is 0 Å². The Bertz CT molecular complexity index is 833. The maximum Gasteiger partial charge on any atom is 0.308 e. The van der Waals surface area contributed by atoms with Crippen molar-refractivity contribution >= 4 is 17.8 Å². The smallest absolute Gasteiger partial charge is 0.308 e. The molecule has 1 aliphatic rings. The zero-order chi connectivity index (χ0) is 18.8. The number of rotatable bonds is 5. The molecule has 2 heterocycles. The van der Waals surface area contributed by atoms with E-state index < -0.39 is 11.7 Å². The molecule has 1 amide bonds. The molecule has 138 valence electrons. The van der Waals surface area contributed by atoms with Gasteiger partial charge in [-0.3, -0.25) is 14.5 Å². The van der Waals surface area contributed by atoms with E-state index in [0.717, 1.165) is 0 Å². The number of esters is 1. The summed E-state index contributed by atoms with van der Waals surface area (Å²) < 4.78 is 21.6. The lowest BCUT2D eigenvalue weighted by atomic mass is 10.1. The number of hydrogen-bond donors (Lipinski definition) is 1. The molecule has 0 saturated carbocycles. The molecule has 1 N–H and O–H groups in total. The summed E-state index contributed by atoms with van der Waals surface area (Å²) >= 11 is 0. The van der Waals surface area contributed by atoms with Crippen LogP contribution < -0.4 is 19.1 Å². The number of carbonyl (C=O) groups excluding carboxylic acids is 2. The molecular formula is C18H19NO7. The summed E-state index contributed by atoms with van der Waals surface area (Å²) in [7, 11) is 2.94. The summed E-state index contributed by atoms with van der Waals surface area (Å²) in [5.74, 6) is -0.663. The van der Waals surface area contributed by atoms with Crippen molar-refractivity contribution in [3.05, 3.63) is 18.2 Å². The average molecular weight is 361 g/mol. The molecule has 1 saturated heterocycles. The normalized spacial score (nSPS) is 13.8. The minimum Gasteiger partial charge on any atom is -0.502 e. The molecule has 0 spiro atoms. The van der Waals surface area contributed by atoms with Gasteiger partial charge in [-0.1, -0.05) is 6.07 Å². The van der Waals surface area contributed by atoms with Gasteiger partial charge >= 0.3 is 5.97 Å². The Morgan fingerprint density at radius 1 is 1.23 bits per heavy atom. The highest BCUT2D eigenvalue weighted by atomic mass is 16.6. The minimum absolute atomic E-state index is 0.00903. The van der Waals surface area contributed by atoms with Gasteiger partial charge in [-0.05, 0) is 18.6 Å². The van der Waals surface area contributed by atoms with Gasteiger partial charge < -0.3 is 23.7 Å². The predicted octanol–water partition coefficient (Wildman–Crippen LogP) is 2.72. The Morgan fingerprint density at radius 2 is 1.88 bits per heavy atom. The highest BCUT2D eigenvalue weighted by Gasteiger charge is 2.34. The van der Waals surface area contributed by atoms with Crippen LogP contribution in [0.2, 0.25) is 0 Å². The fraction of sp³-hybridized carbons (Fsp3) is 0.333. The van der Waals surface area contributed by atoms with Crippen LogP contribution in [0.3, 0.4) is 0 Å². The molecule has 3 rings (SSSR count). The summed E-state index contributed by atoms with van der Waals surface area (Å²) in [6, 6.07) is 5.07. The van der Waals surface area contributed by atoms with Crippen LogP contribution >= 0.6 is 0 Å². The van der Waals surface area contributed by atoms with Crippen LogP contribution in [0.25, 0.3) is 11.3 Å². The van der Waals surface area contributed by atoms with Gasteiger partial charge in [0.25, 0.3) is 5.88 Å². The molecule has 0 bridgehead atoms. The molecule has 1 aromatic heterocycles. The number of furan rings is 1. The Labute approximate surface area is 149 Å². The largest absolute Gasteiger partial charge is 0.502 e. The first-order chi connectivity index (χ1) is 12.5. The van der Waals surface area contributed by atoms with Crippen molar-refractivity contribution in [3.63, 3.8) is 0 Å². The topological polar surface area (TPSA) is 98.4 Å². The van der Waals surface area contributed by atoms with Crippen molar-refractivity contribution < 1.29 is 33.3 Å². The second kappa shape index (κ2) is 6.99. The van der Waals surface area contributed by atoms with Gasteiger partial charge in [0.2, 0.25) is 17.4 Å². The third kappa shape index (κ3) is 2.94. The number of ether oxygens (including phenoxy) is 3. The van der Waals surface area contributed by atoms with Crippen LogP contribution in [0, 0.1) is 0 Å². The molecule has 0 atom stereocenters. The summed E-state index contributed by atoms with van der Waals surface area (Å²) in [6.07, 6.45) is 1.00. The van der Waals surface area contributed by atoms with Gasteiger partial charge in [0.15, 0.2) is 5.76 Å². The monoisotopic (exact) mass is 361 g/mol. The Morgan fingerprint density at radius 3 is 2.38 bits per heavy atom. The lowest BCUT2D eigenvalue weighted by Gasteiger charge is -2.13. The number of methoxy groups -OCH3 is 2. The molecule has 1 aromatic carbocycles. The SMILES string of the molecule is COc1cccc(OC)c1-c1oc(N2CCCC2=O)c(OC(C)=O)c1O. The first-order valence-electron chi connectivity index (χ1n) is 8.03. The van der Waals surface area contributed by atoms with Crippen LogP contribution in [0.1, 0.15) is 19.8 Å². The second-order valence-electron chi connectivity index (χ2n) is 5.69. The van der Waals surface area contributed by atoms with Crippen LogP contribution in [0.5, 0.6) is 23.0 Å². The number of anilines is 1. The van der Waals surface area contributed by atoms with Crippen LogP contribution in [-0.2, 0) is 9.59 Å². The second-order valence-corrected chi connectivity index (χ2v) is 5.69. The highest BCUT2D eigenvalue weighted by molar-refractivity contribution is 5.97. The average Bonchev–Trinajstić information content (AvgIpc) is 3.17. The van der Waals surface area contributed by atoms with E-state index in [-0.39, 0.29) is 23.3 Å². The zero-order valence-electron chi connectivity index (χ0n) is 14.7. The summed E-state index contributed by atoms with van der Waals surface area (Å²) in [6.45, 7) is 1.61. The first kappa shape index (κ1) is 17.7. The number of hydrogen-bond acceptors (Lipinski definition) is 7. The summed E-state index contributed by atoms with van der Waals surface area (Å²) in [4.78, 5) is 24.9. The molecule has 8 nitrogen and oxygen atoms in total. The molecule has 26 heavy (non-hydrogen) atoms. The molecule has 0 unspecified atom stereocenters. The third-order valence-corrected chi connectivity index (χ3v) is 4.04. The van der Waals surface area contributed by atoms with Gasteiger partial charge in [0, 0.05) is 19.9 Å². The molecular weight excluding hydrogens is 342 g/mol. The fourth-order valence-electron chi connectivity index (χ4n) is 2.92. The van der Waals surface area contributed by atoms with Gasteiger partial charge in [0.05, 0.1) is 14.2 Å². The number of benzene rings is 1. The quantitative estimate of drug-likeness (QED) is 0.818. The van der Waals surface area contributed by atoms with E-state index in [1.54, 1.807) is 18.2 Å². The van der Waals surface area contributed by atoms with Crippen LogP contribution in [-0.4, -0.2) is 37.7 Å². The summed E-state index contributed by atoms with van der Waals surface area (Å²) in [5, 5.41) is 10.7.